The van der Waals surface area contributed by atoms with Crippen LogP contribution < -0.4 is 0 Å². The van der Waals surface area contributed by atoms with Crippen LogP contribution in [0.1, 0.15) is 20.8 Å². The molecule has 1 N–H and O–H groups in total. The topological polar surface area (TPSA) is 106 Å². The molecule has 0 aromatic rings. The van der Waals surface area contributed by atoms with Crippen LogP contribution in [-0.2, 0) is 24.5 Å². The summed E-state index contributed by atoms with van der Waals surface area (Å²) in [7, 11) is -8.13. The van der Waals surface area contributed by atoms with E-state index in [9.17, 15) is 21.6 Å². The Hall–Kier alpha value is -0.890. The average Bonchev–Trinajstić information content (AvgIpc) is 2.17. The van der Waals surface area contributed by atoms with Gasteiger partial charge in [-0.15, -0.1) is 0 Å². The summed E-state index contributed by atoms with van der Waals surface area (Å²) in [5.41, 5.74) is -0.663. The zero-order chi connectivity index (χ0) is 13.1. The number of carboxylic acid groups (broad SMARTS) is 1. The molecule has 6 nitrogen and oxygen atoms in total. The van der Waals surface area contributed by atoms with Crippen molar-refractivity contribution in [2.24, 2.45) is 0 Å². The fraction of sp³-hybridized carbons (Fsp3) is 0.625. The lowest BCUT2D eigenvalue weighted by atomic mass is 10.4. The summed E-state index contributed by atoms with van der Waals surface area (Å²) < 4.78 is 45.2. The predicted octanol–water partition coefficient (Wildman–Crippen LogP) is 0.172. The van der Waals surface area contributed by atoms with E-state index in [4.69, 9.17) is 5.11 Å². The largest absolute Gasteiger partial charge is 0.478 e. The lowest BCUT2D eigenvalue weighted by Gasteiger charge is -2.09. The van der Waals surface area contributed by atoms with E-state index in [1.807, 2.05) is 0 Å². The van der Waals surface area contributed by atoms with Gasteiger partial charge in [0, 0.05) is 0 Å². The van der Waals surface area contributed by atoms with Crippen LogP contribution in [0, 0.1) is 0 Å². The number of sulfone groups is 2. The fourth-order valence-electron chi connectivity index (χ4n) is 1.01. The van der Waals surface area contributed by atoms with Crippen LogP contribution in [-0.4, -0.2) is 39.4 Å². The van der Waals surface area contributed by atoms with Gasteiger partial charge in [0.1, 0.15) is 0 Å². The third kappa shape index (κ3) is 3.05. The average molecular weight is 270 g/mol. The second-order valence-corrected chi connectivity index (χ2v) is 7.71. The van der Waals surface area contributed by atoms with Crippen LogP contribution in [0.25, 0.3) is 0 Å². The lowest BCUT2D eigenvalue weighted by molar-refractivity contribution is -0.132. The van der Waals surface area contributed by atoms with Crippen molar-refractivity contribution in [2.75, 3.05) is 11.5 Å². The second-order valence-electron chi connectivity index (χ2n) is 3.02. The maximum atomic E-state index is 11.6. The molecule has 94 valence electrons. The van der Waals surface area contributed by atoms with Gasteiger partial charge in [-0.2, -0.15) is 0 Å². The van der Waals surface area contributed by atoms with E-state index in [0.717, 1.165) is 6.92 Å². The first kappa shape index (κ1) is 15.1. The monoisotopic (exact) mass is 270 g/mol. The molecule has 0 aromatic heterocycles. The van der Waals surface area contributed by atoms with E-state index in [-0.39, 0.29) is 0 Å². The standard InChI is InChI=1S/C8H14O6S2/c1-4-15(11,12)8(6(3)7(9)10)16(13,14)5-2/h4-5H2,1-3H3,(H,9,10). The van der Waals surface area contributed by atoms with Gasteiger partial charge in [-0.3, -0.25) is 0 Å². The molecule has 0 fully saturated rings. The quantitative estimate of drug-likeness (QED) is 0.714. The van der Waals surface area contributed by atoms with Crippen LogP contribution in [0.2, 0.25) is 0 Å². The predicted molar refractivity (Wildman–Crippen MR) is 59.3 cm³/mol. The summed E-state index contributed by atoms with van der Waals surface area (Å²) in [6.45, 7) is 3.49. The van der Waals surface area contributed by atoms with Gasteiger partial charge < -0.3 is 5.11 Å². The van der Waals surface area contributed by atoms with Gasteiger partial charge in [0.2, 0.25) is 0 Å². The Morgan fingerprint density at radius 2 is 1.31 bits per heavy atom. The molecule has 0 radical (unpaired) electrons. The summed E-state index contributed by atoms with van der Waals surface area (Å²) in [4.78, 5) is 10.7. The third-order valence-electron chi connectivity index (χ3n) is 1.95. The fourth-order valence-corrected chi connectivity index (χ4v) is 4.90. The van der Waals surface area contributed by atoms with Crippen LogP contribution >= 0.6 is 0 Å². The number of aliphatic carboxylic acids is 1. The van der Waals surface area contributed by atoms with Crippen molar-refractivity contribution >= 4 is 25.6 Å². The maximum absolute atomic E-state index is 11.6. The first-order chi connectivity index (χ1) is 7.10. The molecule has 0 heterocycles. The summed E-state index contributed by atoms with van der Waals surface area (Å²) in [6, 6.07) is 0. The second kappa shape index (κ2) is 4.96. The number of carbonyl (C=O) groups is 1. The van der Waals surface area contributed by atoms with Crippen LogP contribution in [0.5, 0.6) is 0 Å². The van der Waals surface area contributed by atoms with E-state index in [2.05, 4.69) is 0 Å². The van der Waals surface area contributed by atoms with E-state index in [0.29, 0.717) is 0 Å². The Labute approximate surface area is 94.8 Å². The molecule has 0 atom stereocenters. The SMILES string of the molecule is CCS(=O)(=O)C(=C(C)C(=O)O)S(=O)(=O)CC. The van der Waals surface area contributed by atoms with Crippen LogP contribution in [0.15, 0.2) is 9.81 Å². The molecule has 16 heavy (non-hydrogen) atoms. The Morgan fingerprint density at radius 1 is 1.00 bits per heavy atom. The summed E-state index contributed by atoms with van der Waals surface area (Å²) in [6.07, 6.45) is 0. The zero-order valence-electron chi connectivity index (χ0n) is 9.22. The lowest BCUT2D eigenvalue weighted by Crippen LogP contribution is -2.21. The first-order valence-corrected chi connectivity index (χ1v) is 7.80. The zero-order valence-corrected chi connectivity index (χ0v) is 10.9. The van der Waals surface area contributed by atoms with Gasteiger partial charge >= 0.3 is 5.97 Å². The molecule has 0 aliphatic rings. The number of hydrogen-bond donors (Lipinski definition) is 1. The molecule has 8 heteroatoms. The highest BCUT2D eigenvalue weighted by molar-refractivity contribution is 8.14. The molecule has 0 aliphatic heterocycles. The van der Waals surface area contributed by atoms with E-state index < -0.39 is 47.0 Å². The Bertz CT molecular complexity index is 473. The maximum Gasteiger partial charge on any atom is 0.333 e. The van der Waals surface area contributed by atoms with Crippen LogP contribution in [0.4, 0.5) is 0 Å². The normalized spacial score (nSPS) is 12.2. The molecule has 0 bridgehead atoms. The molecule has 0 amide bonds. The van der Waals surface area contributed by atoms with Gasteiger partial charge in [0.25, 0.3) is 0 Å². The molecule has 0 aromatic carbocycles. The van der Waals surface area contributed by atoms with Crippen LogP contribution in [0.3, 0.4) is 0 Å². The summed E-state index contributed by atoms with van der Waals surface area (Å²) in [5.74, 6) is -2.46. The highest BCUT2D eigenvalue weighted by atomic mass is 32.3. The molecular weight excluding hydrogens is 256 g/mol. The smallest absolute Gasteiger partial charge is 0.333 e. The van der Waals surface area contributed by atoms with Crippen molar-refractivity contribution < 1.29 is 26.7 Å². The number of hydrogen-bond acceptors (Lipinski definition) is 5. The molecular formula is C8H14O6S2. The van der Waals surface area contributed by atoms with Gasteiger partial charge in [0.05, 0.1) is 17.1 Å². The van der Waals surface area contributed by atoms with Crippen molar-refractivity contribution in [1.29, 1.82) is 0 Å². The molecule has 0 rings (SSSR count). The van der Waals surface area contributed by atoms with E-state index >= 15 is 0 Å². The van der Waals surface area contributed by atoms with Gasteiger partial charge in [-0.1, -0.05) is 13.8 Å². The Balaban J connectivity index is 6.23. The van der Waals surface area contributed by atoms with Crippen molar-refractivity contribution in [1.82, 2.24) is 0 Å². The molecule has 0 aliphatic carbocycles. The van der Waals surface area contributed by atoms with Crippen molar-refractivity contribution in [3.8, 4) is 0 Å². The minimum atomic E-state index is -4.06. The molecule has 0 spiro atoms. The van der Waals surface area contributed by atoms with Crippen molar-refractivity contribution in [3.63, 3.8) is 0 Å². The highest BCUT2D eigenvalue weighted by Crippen LogP contribution is 2.21. The van der Waals surface area contributed by atoms with Gasteiger partial charge in [-0.05, 0) is 6.92 Å². The Morgan fingerprint density at radius 3 is 1.50 bits per heavy atom. The molecule has 0 saturated heterocycles. The van der Waals surface area contributed by atoms with Gasteiger partial charge in [-0.25, -0.2) is 21.6 Å². The first-order valence-electron chi connectivity index (χ1n) is 4.49. The van der Waals surface area contributed by atoms with Crippen molar-refractivity contribution in [3.05, 3.63) is 9.81 Å². The van der Waals surface area contributed by atoms with E-state index in [1.165, 1.54) is 13.8 Å². The molecule has 0 saturated carbocycles. The Kier molecular flexibility index (Phi) is 4.68. The van der Waals surface area contributed by atoms with E-state index in [1.54, 1.807) is 0 Å². The minimum Gasteiger partial charge on any atom is -0.478 e. The third-order valence-corrected chi connectivity index (χ3v) is 6.74. The minimum absolute atomic E-state index is 0.452. The highest BCUT2D eigenvalue weighted by Gasteiger charge is 2.32. The summed E-state index contributed by atoms with van der Waals surface area (Å²) >= 11 is 0. The summed E-state index contributed by atoms with van der Waals surface area (Å²) in [5, 5.41) is 8.68. The van der Waals surface area contributed by atoms with Gasteiger partial charge in [0.15, 0.2) is 23.9 Å². The van der Waals surface area contributed by atoms with Crippen molar-refractivity contribution in [2.45, 2.75) is 20.8 Å². The molecule has 0 unspecified atom stereocenters. The number of rotatable bonds is 5. The number of carboxylic acids is 1.